The third-order valence-corrected chi connectivity index (χ3v) is 4.58. The van der Waals surface area contributed by atoms with Crippen LogP contribution in [0.3, 0.4) is 0 Å². The lowest BCUT2D eigenvalue weighted by molar-refractivity contribution is 0.0668. The number of benzene rings is 2. The van der Waals surface area contributed by atoms with E-state index in [4.69, 9.17) is 0 Å². The fraction of sp³-hybridized carbons (Fsp3) is 0.211. The molecule has 1 aliphatic heterocycles. The van der Waals surface area contributed by atoms with Crippen molar-refractivity contribution >= 4 is 5.91 Å². The van der Waals surface area contributed by atoms with Gasteiger partial charge >= 0.3 is 0 Å². The minimum atomic E-state index is 0.0422. The van der Waals surface area contributed by atoms with Gasteiger partial charge in [0, 0.05) is 11.5 Å². The van der Waals surface area contributed by atoms with Crippen molar-refractivity contribution < 1.29 is 4.79 Å². The van der Waals surface area contributed by atoms with Crippen LogP contribution in [-0.4, -0.2) is 17.0 Å². The van der Waals surface area contributed by atoms with Crippen molar-refractivity contribution in [2.24, 2.45) is 5.92 Å². The highest BCUT2D eigenvalue weighted by Gasteiger charge is 2.44. The van der Waals surface area contributed by atoms with Gasteiger partial charge < -0.3 is 0 Å². The van der Waals surface area contributed by atoms with Crippen LogP contribution in [0.4, 0.5) is 0 Å². The summed E-state index contributed by atoms with van der Waals surface area (Å²) < 4.78 is 0. The second kappa shape index (κ2) is 5.43. The zero-order valence-corrected chi connectivity index (χ0v) is 12.2. The van der Waals surface area contributed by atoms with Gasteiger partial charge in [-0.2, -0.15) is 0 Å². The maximum absolute atomic E-state index is 12.8. The highest BCUT2D eigenvalue weighted by molar-refractivity contribution is 5.94. The van der Waals surface area contributed by atoms with Crippen LogP contribution >= 0.6 is 0 Å². The molecule has 0 saturated carbocycles. The number of hydrogen-bond donors (Lipinski definition) is 1. The van der Waals surface area contributed by atoms with Gasteiger partial charge in [0.2, 0.25) is 0 Å². The third-order valence-electron chi connectivity index (χ3n) is 4.58. The van der Waals surface area contributed by atoms with E-state index in [1.807, 2.05) is 36.4 Å². The summed E-state index contributed by atoms with van der Waals surface area (Å²) in [4.78, 5) is 12.8. The smallest absolute Gasteiger partial charge is 0.268 e. The van der Waals surface area contributed by atoms with Crippen LogP contribution in [0.5, 0.6) is 0 Å². The van der Waals surface area contributed by atoms with Gasteiger partial charge in [0.25, 0.3) is 5.91 Å². The van der Waals surface area contributed by atoms with Crippen molar-refractivity contribution in [1.29, 1.82) is 0 Å². The van der Waals surface area contributed by atoms with E-state index in [1.54, 1.807) is 5.01 Å². The number of nitrogens with zero attached hydrogens (tertiary/aromatic N) is 1. The van der Waals surface area contributed by atoms with E-state index in [0.29, 0.717) is 5.92 Å². The zero-order valence-electron chi connectivity index (χ0n) is 12.2. The first-order valence-electron chi connectivity index (χ1n) is 7.71. The molecule has 3 atom stereocenters. The topological polar surface area (TPSA) is 32.3 Å². The number of allylic oxidation sites excluding steroid dienone is 1. The Hall–Kier alpha value is -2.39. The van der Waals surface area contributed by atoms with Crippen molar-refractivity contribution in [2.75, 3.05) is 0 Å². The standard InChI is InChI=1S/C19H18N2O/c22-19(15-10-5-2-6-11-15)21-17-13-7-12-16(17)18(20-21)14-8-3-1-4-9-14/h1-11,13,16-18,20H,12H2. The van der Waals surface area contributed by atoms with Crippen molar-refractivity contribution in [2.45, 2.75) is 18.5 Å². The molecule has 1 saturated heterocycles. The molecule has 1 heterocycles. The Morgan fingerprint density at radius 3 is 2.41 bits per heavy atom. The minimum Gasteiger partial charge on any atom is -0.268 e. The largest absolute Gasteiger partial charge is 0.268 e. The molecule has 1 aliphatic carbocycles. The Kier molecular flexibility index (Phi) is 3.28. The summed E-state index contributed by atoms with van der Waals surface area (Å²) in [6.07, 6.45) is 5.36. The molecule has 0 bridgehead atoms. The average Bonchev–Trinajstić information content (AvgIpc) is 3.18. The molecule has 2 aromatic rings. The summed E-state index contributed by atoms with van der Waals surface area (Å²) in [6, 6.07) is 20.2. The van der Waals surface area contributed by atoms with E-state index >= 15 is 0 Å². The lowest BCUT2D eigenvalue weighted by atomic mass is 9.91. The van der Waals surface area contributed by atoms with Gasteiger partial charge in [0.05, 0.1) is 12.1 Å². The monoisotopic (exact) mass is 290 g/mol. The maximum atomic E-state index is 12.8. The number of rotatable bonds is 2. The van der Waals surface area contributed by atoms with E-state index in [2.05, 4.69) is 41.8 Å². The summed E-state index contributed by atoms with van der Waals surface area (Å²) >= 11 is 0. The van der Waals surface area contributed by atoms with Gasteiger partial charge in [-0.1, -0.05) is 60.7 Å². The van der Waals surface area contributed by atoms with Crippen molar-refractivity contribution in [3.8, 4) is 0 Å². The van der Waals surface area contributed by atoms with Crippen LogP contribution in [0.2, 0.25) is 0 Å². The molecule has 1 N–H and O–H groups in total. The molecule has 1 fully saturated rings. The summed E-state index contributed by atoms with van der Waals surface area (Å²) in [5, 5.41) is 1.81. The van der Waals surface area contributed by atoms with E-state index in [9.17, 15) is 4.79 Å². The van der Waals surface area contributed by atoms with Crippen LogP contribution in [0.25, 0.3) is 0 Å². The van der Waals surface area contributed by atoms with Gasteiger partial charge in [-0.15, -0.1) is 0 Å². The van der Waals surface area contributed by atoms with E-state index in [0.717, 1.165) is 12.0 Å². The quantitative estimate of drug-likeness (QED) is 0.860. The fourth-order valence-corrected chi connectivity index (χ4v) is 3.50. The SMILES string of the molecule is O=C(c1ccccc1)N1NC(c2ccccc2)C2CC=CC21. The fourth-order valence-electron chi connectivity index (χ4n) is 3.50. The summed E-state index contributed by atoms with van der Waals surface area (Å²) in [7, 11) is 0. The molecular weight excluding hydrogens is 272 g/mol. The average molecular weight is 290 g/mol. The molecule has 0 aromatic heterocycles. The van der Waals surface area contributed by atoms with Gasteiger partial charge in [-0.3, -0.25) is 9.80 Å². The number of carbonyl (C=O) groups excluding carboxylic acids is 1. The molecule has 22 heavy (non-hydrogen) atoms. The Balaban J connectivity index is 1.64. The van der Waals surface area contributed by atoms with Gasteiger partial charge in [0.15, 0.2) is 0 Å². The Bertz CT molecular complexity index is 696. The van der Waals surface area contributed by atoms with Gasteiger partial charge in [-0.05, 0) is 24.1 Å². The number of amides is 1. The first-order chi connectivity index (χ1) is 10.8. The molecule has 3 unspecified atom stereocenters. The zero-order chi connectivity index (χ0) is 14.9. The lowest BCUT2D eigenvalue weighted by Gasteiger charge is -2.22. The first kappa shape index (κ1) is 13.3. The molecule has 0 radical (unpaired) electrons. The lowest BCUT2D eigenvalue weighted by Crippen LogP contribution is -2.42. The van der Waals surface area contributed by atoms with Crippen LogP contribution in [0.15, 0.2) is 72.8 Å². The minimum absolute atomic E-state index is 0.0422. The normalized spacial score (nSPS) is 26.2. The van der Waals surface area contributed by atoms with Crippen molar-refractivity contribution in [3.63, 3.8) is 0 Å². The number of nitrogens with one attached hydrogen (secondary N) is 1. The summed E-state index contributed by atoms with van der Waals surface area (Å²) in [5.41, 5.74) is 5.41. The number of fused-ring (bicyclic) bond motifs is 1. The van der Waals surface area contributed by atoms with Crippen LogP contribution < -0.4 is 5.43 Å². The number of carbonyl (C=O) groups is 1. The molecule has 3 nitrogen and oxygen atoms in total. The van der Waals surface area contributed by atoms with E-state index < -0.39 is 0 Å². The third kappa shape index (κ3) is 2.14. The molecule has 2 aromatic carbocycles. The molecular formula is C19H18N2O. The number of hydrazine groups is 1. The van der Waals surface area contributed by atoms with Crippen LogP contribution in [0.1, 0.15) is 28.4 Å². The predicted octanol–water partition coefficient (Wildman–Crippen LogP) is 3.33. The second-order valence-corrected chi connectivity index (χ2v) is 5.88. The highest BCUT2D eigenvalue weighted by Crippen LogP contribution is 2.40. The maximum Gasteiger partial charge on any atom is 0.268 e. The Morgan fingerprint density at radius 2 is 1.68 bits per heavy atom. The van der Waals surface area contributed by atoms with E-state index in [1.165, 1.54) is 5.56 Å². The Morgan fingerprint density at radius 1 is 1.00 bits per heavy atom. The van der Waals surface area contributed by atoms with Gasteiger partial charge in [0.1, 0.15) is 0 Å². The molecule has 1 amide bonds. The molecule has 4 rings (SSSR count). The van der Waals surface area contributed by atoms with Crippen LogP contribution in [0, 0.1) is 5.92 Å². The van der Waals surface area contributed by atoms with E-state index in [-0.39, 0.29) is 18.0 Å². The predicted molar refractivity (Wildman–Crippen MR) is 86.0 cm³/mol. The summed E-state index contributed by atoms with van der Waals surface area (Å²) in [6.45, 7) is 0. The molecule has 0 spiro atoms. The number of hydrogen-bond acceptors (Lipinski definition) is 2. The first-order valence-corrected chi connectivity index (χ1v) is 7.71. The molecule has 2 aliphatic rings. The summed E-state index contributed by atoms with van der Waals surface area (Å²) in [5.74, 6) is 0.454. The van der Waals surface area contributed by atoms with Crippen molar-refractivity contribution in [3.05, 3.63) is 83.9 Å². The Labute approximate surface area is 130 Å². The van der Waals surface area contributed by atoms with Crippen LogP contribution in [-0.2, 0) is 0 Å². The van der Waals surface area contributed by atoms with Crippen molar-refractivity contribution in [1.82, 2.24) is 10.4 Å². The molecule has 110 valence electrons. The highest BCUT2D eigenvalue weighted by atomic mass is 16.2. The molecule has 3 heteroatoms. The van der Waals surface area contributed by atoms with Gasteiger partial charge in [-0.25, -0.2) is 5.43 Å². The second-order valence-electron chi connectivity index (χ2n) is 5.88.